The fourth-order valence-electron chi connectivity index (χ4n) is 2.09. The number of aromatic nitrogens is 2. The van der Waals surface area contributed by atoms with E-state index in [4.69, 9.17) is 5.11 Å². The Kier molecular flexibility index (Phi) is 4.85. The summed E-state index contributed by atoms with van der Waals surface area (Å²) in [6.07, 6.45) is 3.69. The molecule has 2 rings (SSSR count). The Morgan fingerprint density at radius 1 is 1.43 bits per heavy atom. The molecule has 2 aromatic rings. The van der Waals surface area contributed by atoms with Crippen LogP contribution in [0.4, 0.5) is 0 Å². The van der Waals surface area contributed by atoms with Crippen molar-refractivity contribution >= 4 is 29.2 Å². The fourth-order valence-corrected chi connectivity index (χ4v) is 2.63. The van der Waals surface area contributed by atoms with Crippen LogP contribution in [0.2, 0.25) is 0 Å². The van der Waals surface area contributed by atoms with Crippen LogP contribution in [0.15, 0.2) is 29.6 Å². The Balaban J connectivity index is 2.35. The lowest BCUT2D eigenvalue weighted by molar-refractivity contribution is -0.137. The normalized spacial score (nSPS) is 10.8. The number of carboxylic acid groups (broad SMARTS) is 1. The molecule has 0 aromatic carbocycles. The second kappa shape index (κ2) is 6.62. The largest absolute Gasteiger partial charge is 0.481 e. The summed E-state index contributed by atoms with van der Waals surface area (Å²) in [5, 5.41) is 9.50. The van der Waals surface area contributed by atoms with E-state index in [9.17, 15) is 9.59 Å². The van der Waals surface area contributed by atoms with Crippen LogP contribution in [0.3, 0.4) is 0 Å². The molecule has 0 bridgehead atoms. The predicted molar refractivity (Wildman–Crippen MR) is 80.8 cm³/mol. The van der Waals surface area contributed by atoms with Gasteiger partial charge < -0.3 is 10.0 Å². The first-order valence-electron chi connectivity index (χ1n) is 6.60. The highest BCUT2D eigenvalue weighted by Crippen LogP contribution is 2.21. The number of carbonyl (C=O) groups is 2. The lowest BCUT2D eigenvalue weighted by Gasteiger charge is -2.18. The Labute approximate surface area is 126 Å². The summed E-state index contributed by atoms with van der Waals surface area (Å²) in [4.78, 5) is 29.2. The summed E-state index contributed by atoms with van der Waals surface area (Å²) >= 11 is 1.46. The summed E-state index contributed by atoms with van der Waals surface area (Å²) < 4.78 is 1.86. The zero-order valence-electron chi connectivity index (χ0n) is 11.9. The van der Waals surface area contributed by atoms with Gasteiger partial charge in [-0.25, -0.2) is 4.98 Å². The van der Waals surface area contributed by atoms with E-state index in [-0.39, 0.29) is 18.9 Å². The van der Waals surface area contributed by atoms with E-state index in [1.165, 1.54) is 16.7 Å². The first-order chi connectivity index (χ1) is 10.1. The summed E-state index contributed by atoms with van der Waals surface area (Å²) in [5.41, 5.74) is 1.10. The van der Waals surface area contributed by atoms with Crippen molar-refractivity contribution in [3.63, 3.8) is 0 Å². The maximum absolute atomic E-state index is 12.6. The van der Waals surface area contributed by atoms with Crippen molar-refractivity contribution in [3.05, 3.63) is 30.1 Å². The molecule has 2 aromatic heterocycles. The smallest absolute Gasteiger partial charge is 0.305 e. The lowest BCUT2D eigenvalue weighted by atomic mass is 10.2. The summed E-state index contributed by atoms with van der Waals surface area (Å²) in [6, 6.07) is 5.57. The summed E-state index contributed by atoms with van der Waals surface area (Å²) in [6.45, 7) is 2.46. The van der Waals surface area contributed by atoms with Gasteiger partial charge in [-0.05, 0) is 25.3 Å². The van der Waals surface area contributed by atoms with E-state index in [1.54, 1.807) is 0 Å². The fraction of sp³-hybridized carbons (Fsp3) is 0.357. The molecule has 0 fully saturated rings. The molecule has 0 radical (unpaired) electrons. The molecule has 6 nitrogen and oxygen atoms in total. The van der Waals surface area contributed by atoms with Gasteiger partial charge in [-0.1, -0.05) is 17.8 Å². The number of hydrogen-bond acceptors (Lipinski definition) is 4. The molecule has 0 atom stereocenters. The molecular formula is C14H17N3O3S. The Morgan fingerprint density at radius 2 is 2.19 bits per heavy atom. The van der Waals surface area contributed by atoms with E-state index < -0.39 is 5.97 Å². The molecule has 0 saturated carbocycles. The van der Waals surface area contributed by atoms with Crippen molar-refractivity contribution in [2.24, 2.45) is 0 Å². The van der Waals surface area contributed by atoms with Gasteiger partial charge in [0.25, 0.3) is 5.91 Å². The minimum Gasteiger partial charge on any atom is -0.481 e. The molecular weight excluding hydrogens is 290 g/mol. The molecule has 2 heterocycles. The molecule has 0 aliphatic heterocycles. The number of amides is 1. The molecule has 21 heavy (non-hydrogen) atoms. The van der Waals surface area contributed by atoms with Gasteiger partial charge in [0.1, 0.15) is 0 Å². The number of imidazole rings is 1. The molecule has 0 spiro atoms. The number of aliphatic carboxylic acids is 1. The van der Waals surface area contributed by atoms with Crippen LogP contribution in [0.1, 0.15) is 23.8 Å². The predicted octanol–water partition coefficient (Wildman–Crippen LogP) is 1.99. The molecule has 0 saturated heterocycles. The minimum absolute atomic E-state index is 0.0687. The van der Waals surface area contributed by atoms with Crippen molar-refractivity contribution < 1.29 is 14.7 Å². The van der Waals surface area contributed by atoms with Crippen molar-refractivity contribution in [2.75, 3.05) is 19.3 Å². The van der Waals surface area contributed by atoms with E-state index in [0.717, 1.165) is 10.7 Å². The first-order valence-corrected chi connectivity index (χ1v) is 7.83. The van der Waals surface area contributed by atoms with Crippen LogP contribution < -0.4 is 0 Å². The van der Waals surface area contributed by atoms with E-state index in [0.29, 0.717) is 12.2 Å². The third-order valence-electron chi connectivity index (χ3n) is 3.17. The lowest BCUT2D eigenvalue weighted by Crippen LogP contribution is -2.33. The molecule has 0 aliphatic carbocycles. The Morgan fingerprint density at radius 3 is 2.81 bits per heavy atom. The van der Waals surface area contributed by atoms with Gasteiger partial charge >= 0.3 is 5.97 Å². The second-order valence-electron chi connectivity index (χ2n) is 4.43. The molecule has 0 aliphatic rings. The molecule has 1 amide bonds. The number of pyridine rings is 1. The molecule has 112 valence electrons. The monoisotopic (exact) mass is 307 g/mol. The third-order valence-corrected chi connectivity index (χ3v) is 3.82. The highest BCUT2D eigenvalue weighted by molar-refractivity contribution is 7.98. The Hall–Kier alpha value is -2.02. The first kappa shape index (κ1) is 15.4. The minimum atomic E-state index is -0.916. The maximum atomic E-state index is 12.6. The van der Waals surface area contributed by atoms with Crippen LogP contribution >= 0.6 is 11.8 Å². The molecule has 7 heteroatoms. The van der Waals surface area contributed by atoms with E-state index in [1.807, 2.05) is 42.0 Å². The van der Waals surface area contributed by atoms with Gasteiger partial charge in [-0.15, -0.1) is 0 Å². The standard InChI is InChI=1S/C14H17N3O3S/c1-3-16(9-7-11(18)19)13(20)12-10-6-4-5-8-17(10)14(15-12)21-2/h4-6,8H,3,7,9H2,1-2H3,(H,18,19). The Bertz CT molecular complexity index is 669. The number of rotatable bonds is 6. The number of carboxylic acids is 1. The van der Waals surface area contributed by atoms with Gasteiger partial charge in [-0.3, -0.25) is 14.0 Å². The number of carbonyl (C=O) groups excluding carboxylic acids is 1. The van der Waals surface area contributed by atoms with Crippen molar-refractivity contribution in [1.29, 1.82) is 0 Å². The van der Waals surface area contributed by atoms with Crippen molar-refractivity contribution in [1.82, 2.24) is 14.3 Å². The van der Waals surface area contributed by atoms with Crippen molar-refractivity contribution in [2.45, 2.75) is 18.5 Å². The topological polar surface area (TPSA) is 74.9 Å². The second-order valence-corrected chi connectivity index (χ2v) is 5.20. The van der Waals surface area contributed by atoms with E-state index in [2.05, 4.69) is 4.98 Å². The average Bonchev–Trinajstić information content (AvgIpc) is 2.86. The highest BCUT2D eigenvalue weighted by Gasteiger charge is 2.22. The SMILES string of the molecule is CCN(CCC(=O)O)C(=O)c1nc(SC)n2ccccc12. The average molecular weight is 307 g/mol. The molecule has 1 N–H and O–H groups in total. The van der Waals surface area contributed by atoms with Gasteiger partial charge in [0, 0.05) is 19.3 Å². The van der Waals surface area contributed by atoms with Gasteiger partial charge in [0.05, 0.1) is 11.9 Å². The maximum Gasteiger partial charge on any atom is 0.305 e. The van der Waals surface area contributed by atoms with Crippen LogP contribution in [-0.2, 0) is 4.79 Å². The quantitative estimate of drug-likeness (QED) is 0.826. The van der Waals surface area contributed by atoms with E-state index >= 15 is 0 Å². The van der Waals surface area contributed by atoms with Gasteiger partial charge in [0.15, 0.2) is 10.9 Å². The summed E-state index contributed by atoms with van der Waals surface area (Å²) in [5.74, 6) is -1.15. The van der Waals surface area contributed by atoms with Crippen molar-refractivity contribution in [3.8, 4) is 0 Å². The highest BCUT2D eigenvalue weighted by atomic mass is 32.2. The number of thioether (sulfide) groups is 1. The number of hydrogen-bond donors (Lipinski definition) is 1. The van der Waals surface area contributed by atoms with Crippen LogP contribution in [-0.4, -0.2) is 50.6 Å². The number of nitrogens with zero attached hydrogens (tertiary/aromatic N) is 3. The third kappa shape index (κ3) is 3.18. The van der Waals surface area contributed by atoms with Crippen LogP contribution in [0, 0.1) is 0 Å². The number of fused-ring (bicyclic) bond motifs is 1. The zero-order chi connectivity index (χ0) is 15.4. The van der Waals surface area contributed by atoms with Gasteiger partial charge in [-0.2, -0.15) is 0 Å². The van der Waals surface area contributed by atoms with Gasteiger partial charge in [0.2, 0.25) is 0 Å². The van der Waals surface area contributed by atoms with Crippen LogP contribution in [0.5, 0.6) is 0 Å². The van der Waals surface area contributed by atoms with Crippen LogP contribution in [0.25, 0.3) is 5.52 Å². The zero-order valence-corrected chi connectivity index (χ0v) is 12.8. The molecule has 0 unspecified atom stereocenters. The summed E-state index contributed by atoms with van der Waals surface area (Å²) in [7, 11) is 0.